The maximum absolute atomic E-state index is 12.8. The fraction of sp³-hybridized carbons (Fsp3) is 0.350. The van der Waals surface area contributed by atoms with Gasteiger partial charge in [-0.2, -0.15) is 14.5 Å². The minimum atomic E-state index is -3.62. The van der Waals surface area contributed by atoms with Crippen molar-refractivity contribution in [3.05, 3.63) is 54.6 Å². The van der Waals surface area contributed by atoms with Gasteiger partial charge in [-0.3, -0.25) is 9.48 Å². The van der Waals surface area contributed by atoms with E-state index in [2.05, 4.69) is 10.2 Å². The standard InChI is InChI=1S/C20H24N6O5S/c1-23-14-18(13-21-23)32(28,29)26-11-9-24(10-12-26)20(27)19-7-8-25(22-19)15-31-17-5-3-16(30-2)4-6-17/h3-8,13-14H,9-12,15H2,1-2H3. The summed E-state index contributed by atoms with van der Waals surface area (Å²) in [5.41, 5.74) is 0.284. The first kappa shape index (κ1) is 21.8. The number of sulfonamides is 1. The Morgan fingerprint density at radius 1 is 1.06 bits per heavy atom. The average Bonchev–Trinajstić information content (AvgIpc) is 3.47. The van der Waals surface area contributed by atoms with Crippen LogP contribution in [-0.4, -0.2) is 76.4 Å². The van der Waals surface area contributed by atoms with Crippen molar-refractivity contribution in [2.45, 2.75) is 11.6 Å². The summed E-state index contributed by atoms with van der Waals surface area (Å²) >= 11 is 0. The molecule has 0 atom stereocenters. The molecule has 0 aliphatic carbocycles. The third-order valence-corrected chi connectivity index (χ3v) is 6.98. The number of amides is 1. The van der Waals surface area contributed by atoms with Crippen LogP contribution < -0.4 is 9.47 Å². The summed E-state index contributed by atoms with van der Waals surface area (Å²) < 4.78 is 40.5. The van der Waals surface area contributed by atoms with E-state index < -0.39 is 10.0 Å². The summed E-state index contributed by atoms with van der Waals surface area (Å²) in [4.78, 5) is 14.6. The molecule has 3 aromatic rings. The van der Waals surface area contributed by atoms with Crippen LogP contribution in [0.1, 0.15) is 10.5 Å². The van der Waals surface area contributed by atoms with E-state index in [-0.39, 0.29) is 49.4 Å². The van der Waals surface area contributed by atoms with Gasteiger partial charge in [0.15, 0.2) is 12.4 Å². The fourth-order valence-electron chi connectivity index (χ4n) is 3.33. The summed E-state index contributed by atoms with van der Waals surface area (Å²) in [5.74, 6) is 1.14. The van der Waals surface area contributed by atoms with Gasteiger partial charge in [-0.05, 0) is 30.3 Å². The number of rotatable bonds is 7. The van der Waals surface area contributed by atoms with Crippen LogP contribution in [0.2, 0.25) is 0 Å². The number of hydrogen-bond acceptors (Lipinski definition) is 7. The topological polar surface area (TPSA) is 112 Å². The van der Waals surface area contributed by atoms with Crippen molar-refractivity contribution in [2.75, 3.05) is 33.3 Å². The second-order valence-corrected chi connectivity index (χ2v) is 9.17. The Morgan fingerprint density at radius 2 is 1.75 bits per heavy atom. The third kappa shape index (κ3) is 4.60. The van der Waals surface area contributed by atoms with Crippen molar-refractivity contribution in [1.29, 1.82) is 0 Å². The molecule has 1 aliphatic heterocycles. The first-order valence-corrected chi connectivity index (χ1v) is 11.4. The Hall–Kier alpha value is -3.38. The van der Waals surface area contributed by atoms with Gasteiger partial charge in [0, 0.05) is 45.6 Å². The number of aromatic nitrogens is 4. The molecule has 0 bridgehead atoms. The monoisotopic (exact) mass is 460 g/mol. The zero-order chi connectivity index (χ0) is 22.7. The number of aryl methyl sites for hydroxylation is 1. The SMILES string of the molecule is COc1ccc(OCn2ccc(C(=O)N3CCN(S(=O)(=O)c4cnn(C)c4)CC3)n2)cc1. The normalized spacial score (nSPS) is 15.0. The van der Waals surface area contributed by atoms with E-state index in [1.165, 1.54) is 26.1 Å². The van der Waals surface area contributed by atoms with Gasteiger partial charge in [0.25, 0.3) is 5.91 Å². The molecule has 11 nitrogen and oxygen atoms in total. The molecule has 1 saturated heterocycles. The van der Waals surface area contributed by atoms with E-state index in [4.69, 9.17) is 9.47 Å². The van der Waals surface area contributed by atoms with Crippen LogP contribution in [0.15, 0.2) is 53.8 Å². The number of carbonyl (C=O) groups excluding carboxylic acids is 1. The molecule has 0 radical (unpaired) electrons. The highest BCUT2D eigenvalue weighted by Crippen LogP contribution is 2.19. The Labute approximate surface area is 185 Å². The number of piperazine rings is 1. The number of methoxy groups -OCH3 is 1. The van der Waals surface area contributed by atoms with Crippen molar-refractivity contribution in [3.8, 4) is 11.5 Å². The highest BCUT2D eigenvalue weighted by atomic mass is 32.2. The Balaban J connectivity index is 1.32. The lowest BCUT2D eigenvalue weighted by molar-refractivity contribution is 0.0690. The minimum absolute atomic E-state index is 0.148. The lowest BCUT2D eigenvalue weighted by Crippen LogP contribution is -2.50. The van der Waals surface area contributed by atoms with E-state index >= 15 is 0 Å². The minimum Gasteiger partial charge on any atom is -0.497 e. The van der Waals surface area contributed by atoms with Crippen LogP contribution in [-0.2, 0) is 23.8 Å². The fourth-order valence-corrected chi connectivity index (χ4v) is 4.74. The molecule has 1 amide bonds. The van der Waals surface area contributed by atoms with Crippen LogP contribution in [0.4, 0.5) is 0 Å². The number of carbonyl (C=O) groups is 1. The number of nitrogens with zero attached hydrogens (tertiary/aromatic N) is 6. The van der Waals surface area contributed by atoms with Gasteiger partial charge in [0.1, 0.15) is 16.4 Å². The molecule has 12 heteroatoms. The van der Waals surface area contributed by atoms with E-state index in [1.54, 1.807) is 55.6 Å². The van der Waals surface area contributed by atoms with Crippen LogP contribution in [0.3, 0.4) is 0 Å². The summed E-state index contributed by atoms with van der Waals surface area (Å²) in [7, 11) is -0.363. The predicted octanol–water partition coefficient (Wildman–Crippen LogP) is 0.808. The molecule has 0 N–H and O–H groups in total. The van der Waals surface area contributed by atoms with Crippen LogP contribution >= 0.6 is 0 Å². The molecule has 1 fully saturated rings. The maximum atomic E-state index is 12.8. The van der Waals surface area contributed by atoms with E-state index in [0.29, 0.717) is 5.75 Å². The van der Waals surface area contributed by atoms with E-state index in [0.717, 1.165) is 5.75 Å². The largest absolute Gasteiger partial charge is 0.497 e. The van der Waals surface area contributed by atoms with Gasteiger partial charge in [0.2, 0.25) is 10.0 Å². The maximum Gasteiger partial charge on any atom is 0.274 e. The first-order valence-electron chi connectivity index (χ1n) is 9.95. The van der Waals surface area contributed by atoms with Crippen LogP contribution in [0, 0.1) is 0 Å². The van der Waals surface area contributed by atoms with Gasteiger partial charge >= 0.3 is 0 Å². The van der Waals surface area contributed by atoms with Gasteiger partial charge in [-0.15, -0.1) is 0 Å². The molecule has 32 heavy (non-hydrogen) atoms. The molecular weight excluding hydrogens is 436 g/mol. The highest BCUT2D eigenvalue weighted by Gasteiger charge is 2.31. The van der Waals surface area contributed by atoms with Crippen LogP contribution in [0.5, 0.6) is 11.5 Å². The third-order valence-electron chi connectivity index (χ3n) is 5.13. The van der Waals surface area contributed by atoms with Crippen LogP contribution in [0.25, 0.3) is 0 Å². The number of hydrogen-bond donors (Lipinski definition) is 0. The summed E-state index contributed by atoms with van der Waals surface area (Å²) in [6, 6.07) is 8.78. The van der Waals surface area contributed by atoms with Gasteiger partial charge in [0.05, 0.1) is 13.3 Å². The summed E-state index contributed by atoms with van der Waals surface area (Å²) in [6.07, 6.45) is 4.46. The van der Waals surface area contributed by atoms with Gasteiger partial charge in [-0.25, -0.2) is 13.1 Å². The van der Waals surface area contributed by atoms with Crippen molar-refractivity contribution in [3.63, 3.8) is 0 Å². The Morgan fingerprint density at radius 3 is 2.38 bits per heavy atom. The molecule has 1 aliphatic rings. The number of ether oxygens (including phenoxy) is 2. The first-order chi connectivity index (χ1) is 15.4. The Bertz CT molecular complexity index is 1180. The molecule has 0 saturated carbocycles. The van der Waals surface area contributed by atoms with Crippen molar-refractivity contribution >= 4 is 15.9 Å². The molecule has 2 aromatic heterocycles. The lowest BCUT2D eigenvalue weighted by Gasteiger charge is -2.33. The zero-order valence-electron chi connectivity index (χ0n) is 17.8. The lowest BCUT2D eigenvalue weighted by atomic mass is 10.3. The van der Waals surface area contributed by atoms with Crippen molar-refractivity contribution in [1.82, 2.24) is 28.8 Å². The molecule has 3 heterocycles. The second kappa shape index (κ2) is 9.01. The highest BCUT2D eigenvalue weighted by molar-refractivity contribution is 7.89. The van der Waals surface area contributed by atoms with E-state index in [9.17, 15) is 13.2 Å². The van der Waals surface area contributed by atoms with Crippen molar-refractivity contribution in [2.24, 2.45) is 7.05 Å². The van der Waals surface area contributed by atoms with Gasteiger partial charge in [-0.1, -0.05) is 0 Å². The predicted molar refractivity (Wildman–Crippen MR) is 114 cm³/mol. The van der Waals surface area contributed by atoms with E-state index in [1.807, 2.05) is 0 Å². The Kier molecular flexibility index (Phi) is 6.15. The average molecular weight is 461 g/mol. The molecule has 0 unspecified atom stereocenters. The molecule has 170 valence electrons. The molecule has 0 spiro atoms. The smallest absolute Gasteiger partial charge is 0.274 e. The zero-order valence-corrected chi connectivity index (χ0v) is 18.6. The second-order valence-electron chi connectivity index (χ2n) is 7.24. The van der Waals surface area contributed by atoms with Gasteiger partial charge < -0.3 is 14.4 Å². The molecular formula is C20H24N6O5S. The van der Waals surface area contributed by atoms with Crippen molar-refractivity contribution < 1.29 is 22.7 Å². The molecule has 1 aromatic carbocycles. The number of benzene rings is 1. The quantitative estimate of drug-likeness (QED) is 0.513. The summed E-state index contributed by atoms with van der Waals surface area (Å²) in [6.45, 7) is 1.15. The summed E-state index contributed by atoms with van der Waals surface area (Å²) in [5, 5.41) is 8.21. The molecule has 4 rings (SSSR count).